The van der Waals surface area contributed by atoms with Gasteiger partial charge in [-0.25, -0.2) is 15.0 Å². The van der Waals surface area contributed by atoms with Gasteiger partial charge >= 0.3 is 0 Å². The Balaban J connectivity index is 1.37. The number of hydrogen-bond acceptors (Lipinski definition) is 8. The van der Waals surface area contributed by atoms with Crippen LogP contribution >= 0.6 is 0 Å². The number of rotatable bonds is 4. The van der Waals surface area contributed by atoms with E-state index < -0.39 is 0 Å². The summed E-state index contributed by atoms with van der Waals surface area (Å²) in [6.07, 6.45) is 4.70. The van der Waals surface area contributed by atoms with Gasteiger partial charge in [0.15, 0.2) is 5.65 Å². The van der Waals surface area contributed by atoms with Crippen LogP contribution in [-0.2, 0) is 0 Å². The number of nitrogens with one attached hydrogen (secondary N) is 1. The van der Waals surface area contributed by atoms with Gasteiger partial charge in [0, 0.05) is 22.8 Å². The SMILES string of the molecule is Nc1ccc2ncnc(Nc3ccc(Oc4cc5nncn5cn4)cc3)c2c1. The van der Waals surface area contributed by atoms with Gasteiger partial charge in [-0.3, -0.25) is 4.40 Å². The van der Waals surface area contributed by atoms with E-state index in [1.807, 2.05) is 42.5 Å². The summed E-state index contributed by atoms with van der Waals surface area (Å²) in [5.74, 6) is 1.78. The van der Waals surface area contributed by atoms with Crippen LogP contribution in [0, 0.1) is 0 Å². The van der Waals surface area contributed by atoms with Gasteiger partial charge in [-0.05, 0) is 42.5 Å². The van der Waals surface area contributed by atoms with E-state index in [9.17, 15) is 0 Å². The molecule has 136 valence electrons. The normalized spacial score (nSPS) is 11.0. The number of fused-ring (bicyclic) bond motifs is 2. The summed E-state index contributed by atoms with van der Waals surface area (Å²) in [4.78, 5) is 12.8. The van der Waals surface area contributed by atoms with E-state index in [0.717, 1.165) is 16.6 Å². The number of anilines is 3. The second-order valence-electron chi connectivity index (χ2n) is 6.07. The zero-order valence-corrected chi connectivity index (χ0v) is 14.5. The molecule has 5 aromatic rings. The monoisotopic (exact) mass is 370 g/mol. The number of nitrogens with two attached hydrogens (primary N) is 1. The molecule has 0 saturated heterocycles. The molecule has 0 amide bonds. The Hall–Kier alpha value is -4.27. The standard InChI is InChI=1S/C19H14N8O/c20-12-1-6-16-15(7-12)19(22-9-21-16)25-13-2-4-14(5-3-13)28-18-8-17-26-24-11-27(17)10-23-18/h1-11H,20H2,(H,21,22,25). The maximum absolute atomic E-state index is 5.89. The topological polar surface area (TPSA) is 116 Å². The minimum absolute atomic E-state index is 0.443. The molecule has 0 aliphatic carbocycles. The molecule has 5 rings (SSSR count). The van der Waals surface area contributed by atoms with Crippen molar-refractivity contribution in [2.24, 2.45) is 0 Å². The fourth-order valence-corrected chi connectivity index (χ4v) is 2.80. The molecule has 28 heavy (non-hydrogen) atoms. The maximum Gasteiger partial charge on any atom is 0.224 e. The summed E-state index contributed by atoms with van der Waals surface area (Å²) >= 11 is 0. The third-order valence-electron chi connectivity index (χ3n) is 4.16. The minimum Gasteiger partial charge on any atom is -0.439 e. The fourth-order valence-electron chi connectivity index (χ4n) is 2.80. The molecular weight excluding hydrogens is 356 g/mol. The van der Waals surface area contributed by atoms with E-state index in [1.165, 1.54) is 6.33 Å². The summed E-state index contributed by atoms with van der Waals surface area (Å²) in [5, 5.41) is 11.9. The van der Waals surface area contributed by atoms with Gasteiger partial charge in [-0.1, -0.05) is 0 Å². The zero-order valence-electron chi connectivity index (χ0n) is 14.5. The first kappa shape index (κ1) is 15.9. The molecule has 0 atom stereocenters. The average molecular weight is 370 g/mol. The van der Waals surface area contributed by atoms with Gasteiger partial charge < -0.3 is 15.8 Å². The number of nitrogen functional groups attached to an aromatic ring is 1. The maximum atomic E-state index is 5.89. The summed E-state index contributed by atoms with van der Waals surface area (Å²) in [6.45, 7) is 0. The van der Waals surface area contributed by atoms with Gasteiger partial charge in [-0.15, -0.1) is 10.2 Å². The lowest BCUT2D eigenvalue weighted by Gasteiger charge is -2.10. The molecule has 0 unspecified atom stereocenters. The Morgan fingerprint density at radius 1 is 0.929 bits per heavy atom. The molecule has 3 aromatic heterocycles. The molecule has 0 radical (unpaired) electrons. The highest BCUT2D eigenvalue weighted by atomic mass is 16.5. The van der Waals surface area contributed by atoms with Crippen LogP contribution in [0.2, 0.25) is 0 Å². The average Bonchev–Trinajstić information content (AvgIpc) is 3.18. The van der Waals surface area contributed by atoms with Crippen LogP contribution in [0.25, 0.3) is 16.6 Å². The molecule has 0 aliphatic heterocycles. The van der Waals surface area contributed by atoms with E-state index in [-0.39, 0.29) is 0 Å². The number of nitrogens with zero attached hydrogens (tertiary/aromatic N) is 6. The van der Waals surface area contributed by atoms with Crippen LogP contribution in [0.1, 0.15) is 0 Å². The third kappa shape index (κ3) is 3.01. The first-order chi connectivity index (χ1) is 13.7. The molecule has 0 bridgehead atoms. The Bertz CT molecular complexity index is 1280. The van der Waals surface area contributed by atoms with Crippen molar-refractivity contribution in [3.63, 3.8) is 0 Å². The molecule has 3 heterocycles. The van der Waals surface area contributed by atoms with Gasteiger partial charge in [0.05, 0.1) is 5.52 Å². The third-order valence-corrected chi connectivity index (χ3v) is 4.16. The van der Waals surface area contributed by atoms with Crippen molar-refractivity contribution in [1.29, 1.82) is 0 Å². The number of benzene rings is 2. The van der Waals surface area contributed by atoms with Crippen molar-refractivity contribution in [2.45, 2.75) is 0 Å². The van der Waals surface area contributed by atoms with E-state index in [1.54, 1.807) is 23.1 Å². The molecule has 0 saturated carbocycles. The highest BCUT2D eigenvalue weighted by Crippen LogP contribution is 2.27. The van der Waals surface area contributed by atoms with Gasteiger partial charge in [0.25, 0.3) is 0 Å². The summed E-state index contributed by atoms with van der Waals surface area (Å²) in [7, 11) is 0. The minimum atomic E-state index is 0.443. The molecule has 0 fully saturated rings. The van der Waals surface area contributed by atoms with E-state index >= 15 is 0 Å². The van der Waals surface area contributed by atoms with Gasteiger partial charge in [-0.2, -0.15) is 0 Å². The van der Waals surface area contributed by atoms with Crippen LogP contribution in [0.15, 0.2) is 67.5 Å². The molecular formula is C19H14N8O. The lowest BCUT2D eigenvalue weighted by Crippen LogP contribution is -1.97. The highest BCUT2D eigenvalue weighted by Gasteiger charge is 2.06. The molecule has 9 heteroatoms. The smallest absolute Gasteiger partial charge is 0.224 e. The van der Waals surface area contributed by atoms with Crippen LogP contribution in [0.3, 0.4) is 0 Å². The van der Waals surface area contributed by atoms with Crippen molar-refractivity contribution in [2.75, 3.05) is 11.1 Å². The quantitative estimate of drug-likeness (QED) is 0.463. The van der Waals surface area contributed by atoms with Crippen molar-refractivity contribution < 1.29 is 4.74 Å². The van der Waals surface area contributed by atoms with Gasteiger partial charge in [0.1, 0.15) is 30.5 Å². The summed E-state index contributed by atoms with van der Waals surface area (Å²) in [6, 6.07) is 14.7. The molecule has 9 nitrogen and oxygen atoms in total. The van der Waals surface area contributed by atoms with Crippen molar-refractivity contribution in [3.05, 3.63) is 67.5 Å². The van der Waals surface area contributed by atoms with Crippen LogP contribution in [0.5, 0.6) is 11.6 Å². The number of hydrogen-bond donors (Lipinski definition) is 2. The van der Waals surface area contributed by atoms with E-state index in [0.29, 0.717) is 28.8 Å². The lowest BCUT2D eigenvalue weighted by atomic mass is 10.2. The zero-order chi connectivity index (χ0) is 18.9. The number of aromatic nitrogens is 6. The summed E-state index contributed by atoms with van der Waals surface area (Å²) < 4.78 is 7.49. The molecule has 0 spiro atoms. The molecule has 2 aromatic carbocycles. The van der Waals surface area contributed by atoms with Crippen molar-refractivity contribution >= 4 is 33.7 Å². The summed E-state index contributed by atoms with van der Waals surface area (Å²) in [5.41, 5.74) is 8.89. The van der Waals surface area contributed by atoms with Crippen LogP contribution in [0.4, 0.5) is 17.2 Å². The van der Waals surface area contributed by atoms with E-state index in [2.05, 4.69) is 30.5 Å². The second kappa shape index (κ2) is 6.47. The lowest BCUT2D eigenvalue weighted by molar-refractivity contribution is 0.462. The Morgan fingerprint density at radius 2 is 1.82 bits per heavy atom. The second-order valence-corrected chi connectivity index (χ2v) is 6.07. The van der Waals surface area contributed by atoms with E-state index in [4.69, 9.17) is 10.5 Å². The van der Waals surface area contributed by atoms with Gasteiger partial charge in [0.2, 0.25) is 5.88 Å². The number of ether oxygens (including phenoxy) is 1. The predicted octanol–water partition coefficient (Wildman–Crippen LogP) is 3.19. The Kier molecular flexibility index (Phi) is 3.68. The first-order valence-corrected chi connectivity index (χ1v) is 8.45. The molecule has 3 N–H and O–H groups in total. The van der Waals surface area contributed by atoms with Crippen LogP contribution < -0.4 is 15.8 Å². The fraction of sp³-hybridized carbons (Fsp3) is 0. The molecule has 0 aliphatic rings. The first-order valence-electron chi connectivity index (χ1n) is 8.45. The van der Waals surface area contributed by atoms with Crippen molar-refractivity contribution in [3.8, 4) is 11.6 Å². The largest absolute Gasteiger partial charge is 0.439 e. The highest BCUT2D eigenvalue weighted by molar-refractivity contribution is 5.92. The van der Waals surface area contributed by atoms with Crippen LogP contribution in [-0.4, -0.2) is 29.5 Å². The Labute approximate surface area is 158 Å². The Morgan fingerprint density at radius 3 is 2.71 bits per heavy atom. The van der Waals surface area contributed by atoms with Crippen molar-refractivity contribution in [1.82, 2.24) is 29.5 Å². The predicted molar refractivity (Wildman–Crippen MR) is 105 cm³/mol.